The Bertz CT molecular complexity index is 797. The predicted molar refractivity (Wildman–Crippen MR) is 98.4 cm³/mol. The Labute approximate surface area is 162 Å². The lowest BCUT2D eigenvalue weighted by Crippen LogP contribution is -2.43. The third kappa shape index (κ3) is 4.89. The quantitative estimate of drug-likeness (QED) is 0.684. The van der Waals surface area contributed by atoms with Crippen LogP contribution in [-0.2, 0) is 22.9 Å². The second kappa shape index (κ2) is 8.17. The first-order chi connectivity index (χ1) is 13.2. The molecule has 3 nitrogen and oxygen atoms in total. The van der Waals surface area contributed by atoms with Gasteiger partial charge in [-0.1, -0.05) is 12.1 Å². The van der Waals surface area contributed by atoms with Gasteiger partial charge in [-0.2, -0.15) is 13.2 Å². The molecule has 1 fully saturated rings. The highest BCUT2D eigenvalue weighted by Gasteiger charge is 2.36. The lowest BCUT2D eigenvalue weighted by Gasteiger charge is -2.41. The SMILES string of the molecule is Cc1cc(C(F)(F)F)cc(COCC2(c3ccc(F)cc3)CCN(C)CC2)n1. The zero-order valence-electron chi connectivity index (χ0n) is 16.0. The fourth-order valence-electron chi connectivity index (χ4n) is 3.69. The fourth-order valence-corrected chi connectivity index (χ4v) is 3.69. The largest absolute Gasteiger partial charge is 0.416 e. The number of aromatic nitrogens is 1. The monoisotopic (exact) mass is 396 g/mol. The Morgan fingerprint density at radius 3 is 2.36 bits per heavy atom. The van der Waals surface area contributed by atoms with Crippen LogP contribution in [0.3, 0.4) is 0 Å². The van der Waals surface area contributed by atoms with E-state index in [-0.39, 0.29) is 23.5 Å². The maximum absolute atomic E-state index is 13.3. The molecular weight excluding hydrogens is 372 g/mol. The first kappa shape index (κ1) is 20.7. The topological polar surface area (TPSA) is 25.4 Å². The molecule has 0 unspecified atom stereocenters. The molecule has 0 saturated carbocycles. The number of nitrogens with zero attached hydrogens (tertiary/aromatic N) is 2. The van der Waals surface area contributed by atoms with Gasteiger partial charge in [0, 0.05) is 11.1 Å². The molecule has 152 valence electrons. The predicted octanol–water partition coefficient (Wildman–Crippen LogP) is 4.73. The molecule has 1 aliphatic heterocycles. The minimum Gasteiger partial charge on any atom is -0.374 e. The molecule has 0 spiro atoms. The molecule has 28 heavy (non-hydrogen) atoms. The van der Waals surface area contributed by atoms with Crippen molar-refractivity contribution in [3.63, 3.8) is 0 Å². The highest BCUT2D eigenvalue weighted by Crippen LogP contribution is 2.36. The average molecular weight is 396 g/mol. The minimum atomic E-state index is -4.41. The van der Waals surface area contributed by atoms with Gasteiger partial charge in [-0.05, 0) is 69.7 Å². The summed E-state index contributed by atoms with van der Waals surface area (Å²) in [6.45, 7) is 3.64. The second-order valence-corrected chi connectivity index (χ2v) is 7.57. The molecule has 1 aromatic heterocycles. The fraction of sp³-hybridized carbons (Fsp3) is 0.476. The Hall–Kier alpha value is -1.99. The van der Waals surface area contributed by atoms with Gasteiger partial charge in [0.1, 0.15) is 5.82 Å². The Balaban J connectivity index is 1.74. The standard InChI is InChI=1S/C21H24F4N2O/c1-15-11-17(21(23,24)25)12-19(26-15)13-28-14-20(7-9-27(2)10-8-20)16-3-5-18(22)6-4-16/h3-6,11-12H,7-10,13-14H2,1-2H3. The van der Waals surface area contributed by atoms with Gasteiger partial charge in [-0.15, -0.1) is 0 Å². The average Bonchev–Trinajstić information content (AvgIpc) is 2.63. The number of hydrogen-bond donors (Lipinski definition) is 0. The minimum absolute atomic E-state index is 0.00352. The summed E-state index contributed by atoms with van der Waals surface area (Å²) in [4.78, 5) is 6.39. The van der Waals surface area contributed by atoms with Crippen LogP contribution in [0.5, 0.6) is 0 Å². The molecule has 1 aromatic carbocycles. The summed E-state index contributed by atoms with van der Waals surface area (Å²) in [5, 5.41) is 0. The van der Waals surface area contributed by atoms with Gasteiger partial charge in [0.05, 0.1) is 24.5 Å². The number of alkyl halides is 3. The van der Waals surface area contributed by atoms with E-state index < -0.39 is 11.7 Å². The van der Waals surface area contributed by atoms with Crippen molar-refractivity contribution in [1.29, 1.82) is 0 Å². The van der Waals surface area contributed by atoms with Gasteiger partial charge in [-0.25, -0.2) is 4.39 Å². The van der Waals surface area contributed by atoms with Crippen LogP contribution in [0.25, 0.3) is 0 Å². The van der Waals surface area contributed by atoms with Crippen LogP contribution in [-0.4, -0.2) is 36.6 Å². The van der Waals surface area contributed by atoms with E-state index in [1.54, 1.807) is 12.1 Å². The number of likely N-dealkylation sites (tertiary alicyclic amines) is 1. The number of benzene rings is 1. The van der Waals surface area contributed by atoms with E-state index in [2.05, 4.69) is 9.88 Å². The van der Waals surface area contributed by atoms with Crippen molar-refractivity contribution in [2.75, 3.05) is 26.7 Å². The van der Waals surface area contributed by atoms with E-state index >= 15 is 0 Å². The van der Waals surface area contributed by atoms with Crippen molar-refractivity contribution in [2.24, 2.45) is 0 Å². The molecular formula is C21H24F4N2O. The van der Waals surface area contributed by atoms with Crippen molar-refractivity contribution < 1.29 is 22.3 Å². The molecule has 0 amide bonds. The third-order valence-corrected chi connectivity index (χ3v) is 5.36. The molecule has 1 saturated heterocycles. The molecule has 0 aliphatic carbocycles. The molecule has 1 aliphatic rings. The van der Waals surface area contributed by atoms with E-state index in [4.69, 9.17) is 4.74 Å². The summed E-state index contributed by atoms with van der Waals surface area (Å²) in [6.07, 6.45) is -2.74. The summed E-state index contributed by atoms with van der Waals surface area (Å²) < 4.78 is 58.2. The van der Waals surface area contributed by atoms with Crippen LogP contribution >= 0.6 is 0 Å². The number of rotatable bonds is 5. The zero-order chi connectivity index (χ0) is 20.4. The van der Waals surface area contributed by atoms with Crippen molar-refractivity contribution >= 4 is 0 Å². The first-order valence-electron chi connectivity index (χ1n) is 9.25. The van der Waals surface area contributed by atoms with E-state index in [1.807, 2.05) is 7.05 Å². The number of ether oxygens (including phenoxy) is 1. The first-order valence-corrected chi connectivity index (χ1v) is 9.25. The highest BCUT2D eigenvalue weighted by molar-refractivity contribution is 5.27. The molecule has 2 heterocycles. The van der Waals surface area contributed by atoms with Crippen LogP contribution in [0.1, 0.15) is 35.4 Å². The maximum atomic E-state index is 13.3. The van der Waals surface area contributed by atoms with Crippen LogP contribution < -0.4 is 0 Å². The zero-order valence-corrected chi connectivity index (χ0v) is 16.0. The summed E-state index contributed by atoms with van der Waals surface area (Å²) >= 11 is 0. The summed E-state index contributed by atoms with van der Waals surface area (Å²) in [5.41, 5.74) is 0.563. The summed E-state index contributed by atoms with van der Waals surface area (Å²) in [7, 11) is 2.05. The van der Waals surface area contributed by atoms with Crippen molar-refractivity contribution in [3.05, 3.63) is 64.7 Å². The summed E-state index contributed by atoms with van der Waals surface area (Å²) in [6, 6.07) is 8.49. The molecule has 0 atom stereocenters. The number of piperidine rings is 1. The van der Waals surface area contributed by atoms with E-state index in [9.17, 15) is 17.6 Å². The molecule has 0 bridgehead atoms. The van der Waals surface area contributed by atoms with Crippen LogP contribution in [0.2, 0.25) is 0 Å². The smallest absolute Gasteiger partial charge is 0.374 e. The van der Waals surface area contributed by atoms with Crippen molar-refractivity contribution in [2.45, 2.75) is 38.0 Å². The molecule has 0 N–H and O–H groups in total. The van der Waals surface area contributed by atoms with Gasteiger partial charge >= 0.3 is 6.18 Å². The maximum Gasteiger partial charge on any atom is 0.416 e. The highest BCUT2D eigenvalue weighted by atomic mass is 19.4. The third-order valence-electron chi connectivity index (χ3n) is 5.36. The Kier molecular flexibility index (Phi) is 6.05. The van der Waals surface area contributed by atoms with Crippen LogP contribution in [0, 0.1) is 12.7 Å². The van der Waals surface area contributed by atoms with Crippen LogP contribution in [0.4, 0.5) is 17.6 Å². The second-order valence-electron chi connectivity index (χ2n) is 7.57. The lowest BCUT2D eigenvalue weighted by atomic mass is 9.73. The van der Waals surface area contributed by atoms with Gasteiger partial charge in [0.15, 0.2) is 0 Å². The molecule has 7 heteroatoms. The lowest BCUT2D eigenvalue weighted by molar-refractivity contribution is -0.137. The molecule has 3 rings (SSSR count). The van der Waals surface area contributed by atoms with E-state index in [0.29, 0.717) is 12.3 Å². The Morgan fingerprint density at radius 1 is 1.11 bits per heavy atom. The number of hydrogen-bond acceptors (Lipinski definition) is 3. The number of halogens is 4. The molecule has 2 aromatic rings. The van der Waals surface area contributed by atoms with Gasteiger partial charge < -0.3 is 9.64 Å². The Morgan fingerprint density at radius 2 is 1.75 bits per heavy atom. The normalized spacial score (nSPS) is 17.6. The summed E-state index contributed by atoms with van der Waals surface area (Å²) in [5.74, 6) is -0.295. The van der Waals surface area contributed by atoms with Gasteiger partial charge in [0.25, 0.3) is 0 Å². The van der Waals surface area contributed by atoms with Crippen molar-refractivity contribution in [3.8, 4) is 0 Å². The van der Waals surface area contributed by atoms with Crippen molar-refractivity contribution in [1.82, 2.24) is 9.88 Å². The van der Waals surface area contributed by atoms with Gasteiger partial charge in [-0.3, -0.25) is 4.98 Å². The molecule has 0 radical (unpaired) electrons. The van der Waals surface area contributed by atoms with E-state index in [1.165, 1.54) is 19.1 Å². The van der Waals surface area contributed by atoms with Crippen LogP contribution in [0.15, 0.2) is 36.4 Å². The number of aryl methyl sites for hydroxylation is 1. The van der Waals surface area contributed by atoms with E-state index in [0.717, 1.165) is 43.6 Å². The number of pyridine rings is 1. The van der Waals surface area contributed by atoms with Gasteiger partial charge in [0.2, 0.25) is 0 Å².